The quantitative estimate of drug-likeness (QED) is 0.752. The Balaban J connectivity index is 2.78. The van der Waals surface area contributed by atoms with Crippen molar-refractivity contribution in [2.45, 2.75) is 32.9 Å². The van der Waals surface area contributed by atoms with Gasteiger partial charge in [-0.3, -0.25) is 4.79 Å². The van der Waals surface area contributed by atoms with Crippen LogP contribution in [0.3, 0.4) is 0 Å². The summed E-state index contributed by atoms with van der Waals surface area (Å²) in [5.41, 5.74) is 5.40. The van der Waals surface area contributed by atoms with Crippen LogP contribution < -0.4 is 11.1 Å². The van der Waals surface area contributed by atoms with Crippen molar-refractivity contribution in [2.75, 3.05) is 7.11 Å². The van der Waals surface area contributed by atoms with Gasteiger partial charge in [0.1, 0.15) is 11.8 Å². The molecule has 3 N–H and O–H groups in total. The molecule has 6 nitrogen and oxygen atoms in total. The summed E-state index contributed by atoms with van der Waals surface area (Å²) >= 11 is 0. The van der Waals surface area contributed by atoms with E-state index in [4.69, 9.17) is 14.9 Å². The predicted molar refractivity (Wildman–Crippen MR) is 69.3 cm³/mol. The van der Waals surface area contributed by atoms with Gasteiger partial charge in [0, 0.05) is 0 Å². The molecule has 0 saturated carbocycles. The lowest BCUT2D eigenvalue weighted by atomic mass is 9.99. The fourth-order valence-electron chi connectivity index (χ4n) is 1.62. The van der Waals surface area contributed by atoms with E-state index >= 15 is 0 Å². The van der Waals surface area contributed by atoms with Crippen LogP contribution in [0.25, 0.3) is 0 Å². The van der Waals surface area contributed by atoms with Crippen LogP contribution in [0.15, 0.2) is 16.5 Å². The topological polar surface area (TPSA) is 94.6 Å². The summed E-state index contributed by atoms with van der Waals surface area (Å²) in [5.74, 6) is -0.287. The molecule has 0 aliphatic heterocycles. The largest absolute Gasteiger partial charge is 0.467 e. The highest BCUT2D eigenvalue weighted by Crippen LogP contribution is 2.12. The smallest absolute Gasteiger partial charge is 0.328 e. The van der Waals surface area contributed by atoms with Crippen molar-refractivity contribution in [3.8, 4) is 0 Å². The number of furan rings is 1. The number of hydrogen-bond donors (Lipinski definition) is 2. The van der Waals surface area contributed by atoms with Crippen molar-refractivity contribution >= 4 is 11.9 Å². The second kappa shape index (κ2) is 6.94. The average molecular weight is 268 g/mol. The Bertz CT molecular complexity index is 442. The third-order valence-electron chi connectivity index (χ3n) is 3.04. The minimum atomic E-state index is -0.686. The maximum atomic E-state index is 12.0. The first kappa shape index (κ1) is 15.2. The van der Waals surface area contributed by atoms with Crippen LogP contribution in [0.1, 0.15) is 36.6 Å². The SMILES string of the molecule is CCC(C)C(NC(=O)c1ccc(CN)o1)C(=O)OC. The molecule has 2 atom stereocenters. The highest BCUT2D eigenvalue weighted by molar-refractivity contribution is 5.94. The lowest BCUT2D eigenvalue weighted by Crippen LogP contribution is -2.45. The van der Waals surface area contributed by atoms with Gasteiger partial charge < -0.3 is 20.2 Å². The third-order valence-corrected chi connectivity index (χ3v) is 3.04. The lowest BCUT2D eigenvalue weighted by Gasteiger charge is -2.21. The molecule has 2 unspecified atom stereocenters. The number of rotatable bonds is 6. The standard InChI is InChI=1S/C13H20N2O4/c1-4-8(2)11(13(17)18-3)15-12(16)10-6-5-9(7-14)19-10/h5-6,8,11H,4,7,14H2,1-3H3,(H,15,16). The van der Waals surface area contributed by atoms with E-state index in [9.17, 15) is 9.59 Å². The first-order valence-corrected chi connectivity index (χ1v) is 6.20. The molecule has 0 spiro atoms. The summed E-state index contributed by atoms with van der Waals surface area (Å²) in [4.78, 5) is 23.6. The number of amides is 1. The second-order valence-corrected chi connectivity index (χ2v) is 4.33. The fraction of sp³-hybridized carbons (Fsp3) is 0.538. The Morgan fingerprint density at radius 2 is 2.16 bits per heavy atom. The molecule has 1 aromatic rings. The van der Waals surface area contributed by atoms with E-state index in [1.807, 2.05) is 13.8 Å². The molecule has 1 aromatic heterocycles. The number of ether oxygens (including phenoxy) is 1. The van der Waals surface area contributed by atoms with Crippen LogP contribution in [-0.2, 0) is 16.1 Å². The highest BCUT2D eigenvalue weighted by Gasteiger charge is 2.27. The summed E-state index contributed by atoms with van der Waals surface area (Å²) < 4.78 is 9.93. The second-order valence-electron chi connectivity index (χ2n) is 4.33. The van der Waals surface area contributed by atoms with Gasteiger partial charge >= 0.3 is 5.97 Å². The predicted octanol–water partition coefficient (Wildman–Crippen LogP) is 1.06. The zero-order chi connectivity index (χ0) is 14.4. The maximum Gasteiger partial charge on any atom is 0.328 e. The molecule has 1 heterocycles. The van der Waals surface area contributed by atoms with E-state index in [2.05, 4.69) is 5.32 Å². The van der Waals surface area contributed by atoms with Gasteiger partial charge in [0.25, 0.3) is 5.91 Å². The molecular weight excluding hydrogens is 248 g/mol. The average Bonchev–Trinajstić information content (AvgIpc) is 2.91. The zero-order valence-corrected chi connectivity index (χ0v) is 11.4. The molecule has 0 aliphatic carbocycles. The summed E-state index contributed by atoms with van der Waals surface area (Å²) in [6.45, 7) is 4.03. The van der Waals surface area contributed by atoms with E-state index in [0.717, 1.165) is 6.42 Å². The van der Waals surface area contributed by atoms with Crippen LogP contribution in [0.2, 0.25) is 0 Å². The lowest BCUT2D eigenvalue weighted by molar-refractivity contribution is -0.144. The Labute approximate surface area is 112 Å². The van der Waals surface area contributed by atoms with Gasteiger partial charge in [0.05, 0.1) is 13.7 Å². The van der Waals surface area contributed by atoms with Crippen molar-refractivity contribution in [3.05, 3.63) is 23.7 Å². The molecule has 0 aliphatic rings. The Morgan fingerprint density at radius 3 is 2.63 bits per heavy atom. The molecule has 1 amide bonds. The van der Waals surface area contributed by atoms with E-state index in [0.29, 0.717) is 5.76 Å². The van der Waals surface area contributed by atoms with Crippen LogP contribution in [0.4, 0.5) is 0 Å². The maximum absolute atomic E-state index is 12.0. The zero-order valence-electron chi connectivity index (χ0n) is 11.4. The van der Waals surface area contributed by atoms with Crippen LogP contribution in [0, 0.1) is 5.92 Å². The van der Waals surface area contributed by atoms with Gasteiger partial charge in [-0.15, -0.1) is 0 Å². The van der Waals surface area contributed by atoms with Gasteiger partial charge in [-0.25, -0.2) is 4.79 Å². The minimum absolute atomic E-state index is 0.0275. The Kier molecular flexibility index (Phi) is 5.57. The van der Waals surface area contributed by atoms with Gasteiger partial charge in [0.2, 0.25) is 0 Å². The van der Waals surface area contributed by atoms with Crippen LogP contribution >= 0.6 is 0 Å². The van der Waals surface area contributed by atoms with Crippen LogP contribution in [0.5, 0.6) is 0 Å². The molecular formula is C13H20N2O4. The summed E-state index contributed by atoms with van der Waals surface area (Å²) in [6.07, 6.45) is 0.742. The van der Waals surface area contributed by atoms with E-state index in [1.54, 1.807) is 6.07 Å². The van der Waals surface area contributed by atoms with Gasteiger partial charge in [-0.1, -0.05) is 20.3 Å². The molecule has 0 aromatic carbocycles. The van der Waals surface area contributed by atoms with Gasteiger partial charge in [-0.2, -0.15) is 0 Å². The number of hydrogen-bond acceptors (Lipinski definition) is 5. The van der Waals surface area contributed by atoms with Crippen molar-refractivity contribution < 1.29 is 18.7 Å². The van der Waals surface area contributed by atoms with Gasteiger partial charge in [0.15, 0.2) is 5.76 Å². The summed E-state index contributed by atoms with van der Waals surface area (Å²) in [7, 11) is 1.29. The van der Waals surface area contributed by atoms with Gasteiger partial charge in [-0.05, 0) is 18.1 Å². The minimum Gasteiger partial charge on any atom is -0.467 e. The molecule has 0 radical (unpaired) electrons. The Morgan fingerprint density at radius 1 is 1.47 bits per heavy atom. The number of methoxy groups -OCH3 is 1. The molecule has 0 fully saturated rings. The first-order chi connectivity index (χ1) is 9.03. The summed E-state index contributed by atoms with van der Waals surface area (Å²) in [5, 5.41) is 2.62. The number of nitrogens with two attached hydrogens (primary N) is 1. The first-order valence-electron chi connectivity index (χ1n) is 6.20. The van der Waals surface area contributed by atoms with E-state index < -0.39 is 17.9 Å². The van der Waals surface area contributed by atoms with E-state index in [1.165, 1.54) is 13.2 Å². The summed E-state index contributed by atoms with van der Waals surface area (Å²) in [6, 6.07) is 2.47. The van der Waals surface area contributed by atoms with Crippen molar-refractivity contribution in [2.24, 2.45) is 11.7 Å². The number of carbonyl (C=O) groups is 2. The van der Waals surface area contributed by atoms with E-state index in [-0.39, 0.29) is 18.2 Å². The Hall–Kier alpha value is -1.82. The van der Waals surface area contributed by atoms with Crippen molar-refractivity contribution in [1.29, 1.82) is 0 Å². The molecule has 0 saturated heterocycles. The molecule has 0 bridgehead atoms. The normalized spacial score (nSPS) is 13.7. The monoisotopic (exact) mass is 268 g/mol. The van der Waals surface area contributed by atoms with Crippen molar-refractivity contribution in [3.63, 3.8) is 0 Å². The molecule has 106 valence electrons. The molecule has 6 heteroatoms. The number of esters is 1. The number of nitrogens with one attached hydrogen (secondary N) is 1. The molecule has 1 rings (SSSR count). The third kappa shape index (κ3) is 3.82. The molecule has 19 heavy (non-hydrogen) atoms. The fourth-order valence-corrected chi connectivity index (χ4v) is 1.62. The highest BCUT2D eigenvalue weighted by atomic mass is 16.5. The number of carbonyl (C=O) groups excluding carboxylic acids is 2. The van der Waals surface area contributed by atoms with Crippen molar-refractivity contribution in [1.82, 2.24) is 5.32 Å². The van der Waals surface area contributed by atoms with Crippen LogP contribution in [-0.4, -0.2) is 25.0 Å².